The van der Waals surface area contributed by atoms with Gasteiger partial charge in [0.25, 0.3) is 0 Å². The molecule has 0 amide bonds. The van der Waals surface area contributed by atoms with Gasteiger partial charge in [-0.3, -0.25) is 0 Å². The molecule has 0 spiro atoms. The van der Waals surface area contributed by atoms with Crippen molar-refractivity contribution in [3.8, 4) is 0 Å². The number of para-hydroxylation sites is 1. The third-order valence-electron chi connectivity index (χ3n) is 3.78. The molecular formula is C17H29ClN2. The minimum absolute atomic E-state index is 0.541. The molecule has 0 aromatic heterocycles. The first-order valence-corrected chi connectivity index (χ1v) is 8.09. The van der Waals surface area contributed by atoms with E-state index in [1.54, 1.807) is 0 Å². The molecule has 0 bridgehead atoms. The van der Waals surface area contributed by atoms with Crippen LogP contribution in [0.4, 0.5) is 5.69 Å². The molecule has 2 nitrogen and oxygen atoms in total. The highest BCUT2D eigenvalue weighted by atomic mass is 35.5. The van der Waals surface area contributed by atoms with Crippen molar-refractivity contribution < 1.29 is 0 Å². The molecule has 1 rings (SSSR count). The summed E-state index contributed by atoms with van der Waals surface area (Å²) in [5, 5.41) is 4.36. The van der Waals surface area contributed by atoms with Crippen LogP contribution in [0.15, 0.2) is 18.2 Å². The van der Waals surface area contributed by atoms with Crippen molar-refractivity contribution in [3.05, 3.63) is 28.8 Å². The largest absolute Gasteiger partial charge is 0.370 e. The summed E-state index contributed by atoms with van der Waals surface area (Å²) in [5.74, 6) is 0.661. The zero-order chi connectivity index (χ0) is 15.1. The van der Waals surface area contributed by atoms with Crippen LogP contribution < -0.4 is 10.2 Å². The summed E-state index contributed by atoms with van der Waals surface area (Å²) in [7, 11) is 2.16. The minimum Gasteiger partial charge on any atom is -0.370 e. The van der Waals surface area contributed by atoms with Gasteiger partial charge in [-0.15, -0.1) is 0 Å². The fourth-order valence-electron chi connectivity index (χ4n) is 2.61. The second-order valence-corrected chi connectivity index (χ2v) is 6.26. The van der Waals surface area contributed by atoms with Crippen molar-refractivity contribution in [2.45, 2.75) is 53.1 Å². The van der Waals surface area contributed by atoms with Crippen molar-refractivity contribution in [3.63, 3.8) is 0 Å². The summed E-state index contributed by atoms with van der Waals surface area (Å²) in [6.45, 7) is 10.8. The molecule has 0 heterocycles. The van der Waals surface area contributed by atoms with Crippen LogP contribution in [0, 0.1) is 5.92 Å². The van der Waals surface area contributed by atoms with Crippen molar-refractivity contribution in [1.82, 2.24) is 5.32 Å². The lowest BCUT2D eigenvalue weighted by molar-refractivity contribution is 0.549. The van der Waals surface area contributed by atoms with Crippen molar-refractivity contribution in [1.29, 1.82) is 0 Å². The molecule has 0 aliphatic carbocycles. The smallest absolute Gasteiger partial charge is 0.0642 e. The van der Waals surface area contributed by atoms with Gasteiger partial charge >= 0.3 is 0 Å². The normalized spacial score (nSPS) is 11.4. The molecule has 1 aromatic rings. The van der Waals surface area contributed by atoms with E-state index < -0.39 is 0 Å². The second-order valence-electron chi connectivity index (χ2n) is 5.85. The van der Waals surface area contributed by atoms with E-state index in [0.717, 1.165) is 31.0 Å². The quantitative estimate of drug-likeness (QED) is 0.747. The Kier molecular flexibility index (Phi) is 7.39. The van der Waals surface area contributed by atoms with Gasteiger partial charge in [0.1, 0.15) is 0 Å². The molecule has 0 saturated heterocycles. The molecule has 0 fully saturated rings. The topological polar surface area (TPSA) is 15.3 Å². The molecule has 0 saturated carbocycles. The van der Waals surface area contributed by atoms with Crippen LogP contribution in [0.3, 0.4) is 0 Å². The number of nitrogens with zero attached hydrogens (tertiary/aromatic N) is 1. The van der Waals surface area contributed by atoms with Crippen molar-refractivity contribution >= 4 is 17.3 Å². The molecule has 0 aliphatic rings. The van der Waals surface area contributed by atoms with Gasteiger partial charge in [-0.05, 0) is 36.9 Å². The highest BCUT2D eigenvalue weighted by Gasteiger charge is 2.17. The highest BCUT2D eigenvalue weighted by Crippen LogP contribution is 2.31. The van der Waals surface area contributed by atoms with Gasteiger partial charge in [0.05, 0.1) is 10.7 Å². The first kappa shape index (κ1) is 17.3. The van der Waals surface area contributed by atoms with Crippen LogP contribution in [0.5, 0.6) is 0 Å². The summed E-state index contributed by atoms with van der Waals surface area (Å²) in [4.78, 5) is 2.34. The Balaban J connectivity index is 2.92. The average molecular weight is 297 g/mol. The lowest BCUT2D eigenvalue weighted by atomic mass is 10.1. The molecule has 0 atom stereocenters. The number of rotatable bonds is 8. The Morgan fingerprint density at radius 1 is 1.20 bits per heavy atom. The maximum atomic E-state index is 6.45. The predicted molar refractivity (Wildman–Crippen MR) is 90.8 cm³/mol. The summed E-state index contributed by atoms with van der Waals surface area (Å²) < 4.78 is 0. The molecule has 3 heteroatoms. The molecule has 20 heavy (non-hydrogen) atoms. The van der Waals surface area contributed by atoms with E-state index in [-0.39, 0.29) is 0 Å². The Bertz CT molecular complexity index is 400. The van der Waals surface area contributed by atoms with Gasteiger partial charge in [0, 0.05) is 19.6 Å². The lowest BCUT2D eigenvalue weighted by Gasteiger charge is -2.31. The number of hydrogen-bond donors (Lipinski definition) is 1. The monoisotopic (exact) mass is 296 g/mol. The molecule has 1 N–H and O–H groups in total. The number of hydrogen-bond acceptors (Lipinski definition) is 2. The van der Waals surface area contributed by atoms with Crippen LogP contribution in [-0.2, 0) is 6.54 Å². The van der Waals surface area contributed by atoms with E-state index in [2.05, 4.69) is 51.0 Å². The number of benzene rings is 1. The Hall–Kier alpha value is -0.730. The zero-order valence-electron chi connectivity index (χ0n) is 13.5. The van der Waals surface area contributed by atoms with Crippen LogP contribution in [0.2, 0.25) is 5.02 Å². The number of nitrogens with one attached hydrogen (secondary N) is 1. The van der Waals surface area contributed by atoms with Crippen LogP contribution in [0.25, 0.3) is 0 Å². The first-order valence-electron chi connectivity index (χ1n) is 7.72. The van der Waals surface area contributed by atoms with Gasteiger partial charge in [-0.1, -0.05) is 51.4 Å². The molecular weight excluding hydrogens is 268 g/mol. The molecule has 1 aromatic carbocycles. The Morgan fingerprint density at radius 2 is 1.85 bits per heavy atom. The van der Waals surface area contributed by atoms with Gasteiger partial charge in [0.2, 0.25) is 0 Å². The van der Waals surface area contributed by atoms with Crippen LogP contribution in [-0.4, -0.2) is 19.6 Å². The maximum Gasteiger partial charge on any atom is 0.0642 e. The fourth-order valence-corrected chi connectivity index (χ4v) is 2.94. The first-order chi connectivity index (χ1) is 9.51. The maximum absolute atomic E-state index is 6.45. The number of halogens is 1. The third kappa shape index (κ3) is 4.68. The summed E-state index contributed by atoms with van der Waals surface area (Å²) in [5.41, 5.74) is 2.46. The summed E-state index contributed by atoms with van der Waals surface area (Å²) in [6, 6.07) is 6.74. The van der Waals surface area contributed by atoms with Crippen LogP contribution >= 0.6 is 11.6 Å². The van der Waals surface area contributed by atoms with Gasteiger partial charge < -0.3 is 10.2 Å². The van der Waals surface area contributed by atoms with E-state index in [0.29, 0.717) is 12.0 Å². The van der Waals surface area contributed by atoms with Gasteiger partial charge in [0.15, 0.2) is 0 Å². The highest BCUT2D eigenvalue weighted by molar-refractivity contribution is 6.33. The minimum atomic E-state index is 0.541. The average Bonchev–Trinajstić information content (AvgIpc) is 2.39. The molecule has 114 valence electrons. The van der Waals surface area contributed by atoms with E-state index in [1.165, 1.54) is 11.3 Å². The predicted octanol–water partition coefficient (Wildman–Crippen LogP) is 4.71. The lowest BCUT2D eigenvalue weighted by Crippen LogP contribution is -2.32. The van der Waals surface area contributed by atoms with E-state index in [1.807, 2.05) is 12.1 Å². The second kappa shape index (κ2) is 8.53. The van der Waals surface area contributed by atoms with Crippen molar-refractivity contribution in [2.24, 2.45) is 5.92 Å². The third-order valence-corrected chi connectivity index (χ3v) is 4.09. The van der Waals surface area contributed by atoms with E-state index in [4.69, 9.17) is 11.6 Å². The standard InChI is InChI=1S/C17H29ClN2/c1-6-15(7-2)20(5)17-14(9-8-10-16(17)18)12-19-11-13(3)4/h8-10,13,15,19H,6-7,11-12H2,1-5H3. The fraction of sp³-hybridized carbons (Fsp3) is 0.647. The molecule has 0 aliphatic heterocycles. The zero-order valence-corrected chi connectivity index (χ0v) is 14.3. The number of anilines is 1. The molecule has 0 unspecified atom stereocenters. The summed E-state index contributed by atoms with van der Waals surface area (Å²) >= 11 is 6.45. The van der Waals surface area contributed by atoms with E-state index >= 15 is 0 Å². The van der Waals surface area contributed by atoms with E-state index in [9.17, 15) is 0 Å². The Labute approximate surface area is 129 Å². The van der Waals surface area contributed by atoms with Gasteiger partial charge in [-0.25, -0.2) is 0 Å². The van der Waals surface area contributed by atoms with Gasteiger partial charge in [-0.2, -0.15) is 0 Å². The van der Waals surface area contributed by atoms with Crippen molar-refractivity contribution in [2.75, 3.05) is 18.5 Å². The van der Waals surface area contributed by atoms with Crippen LogP contribution in [0.1, 0.15) is 46.1 Å². The molecule has 0 radical (unpaired) electrons. The SMILES string of the molecule is CCC(CC)N(C)c1c(Cl)cccc1CNCC(C)C. The Morgan fingerprint density at radius 3 is 2.40 bits per heavy atom. The summed E-state index contributed by atoms with van der Waals surface area (Å²) in [6.07, 6.45) is 2.27.